The second kappa shape index (κ2) is 4.81. The minimum Gasteiger partial charge on any atom is -0.508 e. The lowest BCUT2D eigenvalue weighted by molar-refractivity contribution is 0.476. The molecule has 0 saturated heterocycles. The summed E-state index contributed by atoms with van der Waals surface area (Å²) < 4.78 is 0. The van der Waals surface area contributed by atoms with Crippen LogP contribution in [0.1, 0.15) is 6.42 Å². The van der Waals surface area contributed by atoms with Crippen molar-refractivity contribution in [2.45, 2.75) is 6.42 Å². The zero-order valence-electron chi connectivity index (χ0n) is 8.98. The largest absolute Gasteiger partial charge is 0.508 e. The number of rotatable bonds is 4. The molecule has 16 heavy (non-hydrogen) atoms. The van der Waals surface area contributed by atoms with Gasteiger partial charge in [-0.2, -0.15) is 0 Å². The van der Waals surface area contributed by atoms with Crippen molar-refractivity contribution in [1.29, 1.82) is 0 Å². The number of aromatic hydroxyl groups is 1. The highest BCUT2D eigenvalue weighted by molar-refractivity contribution is 5.92. The first-order valence-corrected chi connectivity index (χ1v) is 5.33. The lowest BCUT2D eigenvalue weighted by Crippen LogP contribution is -2.09. The molecular weight excluding hydrogens is 202 g/mol. The quantitative estimate of drug-likeness (QED) is 0.682. The number of phenols is 1. The van der Waals surface area contributed by atoms with Crippen LogP contribution in [0.25, 0.3) is 10.8 Å². The fraction of sp³-hybridized carbons (Fsp3) is 0.250. The van der Waals surface area contributed by atoms with E-state index in [4.69, 9.17) is 5.73 Å². The van der Waals surface area contributed by atoms with Crippen LogP contribution in [-0.2, 0) is 0 Å². The van der Waals surface area contributed by atoms with Gasteiger partial charge in [0.15, 0.2) is 0 Å². The smallest absolute Gasteiger partial charge is 0.133 e. The number of fused-ring (bicyclic) bond motifs is 1. The van der Waals surface area contributed by atoms with Crippen molar-refractivity contribution < 1.29 is 5.11 Å². The van der Waals surface area contributed by atoms with Crippen molar-refractivity contribution in [1.82, 2.24) is 4.98 Å². The first kappa shape index (κ1) is 10.7. The first-order chi connectivity index (χ1) is 7.81. The molecule has 0 spiro atoms. The van der Waals surface area contributed by atoms with Crippen LogP contribution in [0.2, 0.25) is 0 Å². The second-order valence-electron chi connectivity index (χ2n) is 3.63. The first-order valence-electron chi connectivity index (χ1n) is 5.33. The molecule has 4 nitrogen and oxygen atoms in total. The fourth-order valence-corrected chi connectivity index (χ4v) is 1.61. The number of phenolic OH excluding ortho intramolecular Hbond substituents is 1. The van der Waals surface area contributed by atoms with Gasteiger partial charge < -0.3 is 16.2 Å². The molecule has 4 N–H and O–H groups in total. The number of anilines is 1. The topological polar surface area (TPSA) is 71.2 Å². The highest BCUT2D eigenvalue weighted by Gasteiger charge is 2.02. The third-order valence-electron chi connectivity index (χ3n) is 2.42. The molecule has 84 valence electrons. The van der Waals surface area contributed by atoms with Crippen molar-refractivity contribution in [3.05, 3.63) is 30.5 Å². The molecule has 0 aliphatic heterocycles. The Morgan fingerprint density at radius 1 is 1.31 bits per heavy atom. The van der Waals surface area contributed by atoms with Gasteiger partial charge in [-0.25, -0.2) is 4.98 Å². The van der Waals surface area contributed by atoms with Crippen molar-refractivity contribution in [2.75, 3.05) is 18.4 Å². The molecule has 1 aromatic carbocycles. The number of hydrogen-bond acceptors (Lipinski definition) is 4. The van der Waals surface area contributed by atoms with Crippen LogP contribution >= 0.6 is 0 Å². The summed E-state index contributed by atoms with van der Waals surface area (Å²) in [5.74, 6) is 1.05. The average molecular weight is 217 g/mol. The predicted molar refractivity (Wildman–Crippen MR) is 65.6 cm³/mol. The molecule has 0 bridgehead atoms. The molecule has 0 radical (unpaired) electrons. The van der Waals surface area contributed by atoms with Crippen molar-refractivity contribution in [3.63, 3.8) is 0 Å². The van der Waals surface area contributed by atoms with Crippen LogP contribution in [0.3, 0.4) is 0 Å². The van der Waals surface area contributed by atoms with Gasteiger partial charge in [-0.1, -0.05) is 6.07 Å². The molecule has 0 aliphatic rings. The third kappa shape index (κ3) is 2.23. The van der Waals surface area contributed by atoms with Gasteiger partial charge in [0.05, 0.1) is 0 Å². The highest BCUT2D eigenvalue weighted by Crippen LogP contribution is 2.24. The Bertz CT molecular complexity index is 485. The number of aromatic nitrogens is 1. The molecule has 4 heteroatoms. The lowest BCUT2D eigenvalue weighted by atomic mass is 10.1. The lowest BCUT2D eigenvalue weighted by Gasteiger charge is -2.08. The van der Waals surface area contributed by atoms with Crippen molar-refractivity contribution in [3.8, 4) is 5.75 Å². The minimum atomic E-state index is 0.252. The Morgan fingerprint density at radius 2 is 2.19 bits per heavy atom. The van der Waals surface area contributed by atoms with Gasteiger partial charge in [0.2, 0.25) is 0 Å². The zero-order chi connectivity index (χ0) is 11.4. The van der Waals surface area contributed by atoms with Crippen LogP contribution < -0.4 is 11.1 Å². The van der Waals surface area contributed by atoms with Crippen LogP contribution in [0.5, 0.6) is 5.75 Å². The predicted octanol–water partition coefficient (Wildman–Crippen LogP) is 1.70. The van der Waals surface area contributed by atoms with Gasteiger partial charge in [-0.3, -0.25) is 0 Å². The molecule has 0 fully saturated rings. The maximum absolute atomic E-state index is 9.45. The Balaban J connectivity index is 2.32. The van der Waals surface area contributed by atoms with Crippen molar-refractivity contribution in [2.24, 2.45) is 5.73 Å². The van der Waals surface area contributed by atoms with Crippen molar-refractivity contribution >= 4 is 16.6 Å². The summed E-state index contributed by atoms with van der Waals surface area (Å²) in [5.41, 5.74) is 5.43. The summed E-state index contributed by atoms with van der Waals surface area (Å²) in [6.45, 7) is 1.45. The fourth-order valence-electron chi connectivity index (χ4n) is 1.61. The normalized spacial score (nSPS) is 10.6. The molecule has 2 rings (SSSR count). The SMILES string of the molecule is NCCCNc1nccc2ccc(O)cc12. The standard InChI is InChI=1S/C12H15N3O/c13-5-1-6-14-12-11-8-10(16)3-2-9(11)4-7-15-12/h2-4,7-8,16H,1,5-6,13H2,(H,14,15). The number of nitrogens with two attached hydrogens (primary N) is 1. The summed E-state index contributed by atoms with van der Waals surface area (Å²) in [5, 5.41) is 14.7. The summed E-state index contributed by atoms with van der Waals surface area (Å²) in [7, 11) is 0. The van der Waals surface area contributed by atoms with Crippen LogP contribution in [0, 0.1) is 0 Å². The maximum Gasteiger partial charge on any atom is 0.133 e. The summed E-state index contributed by atoms with van der Waals surface area (Å²) in [6, 6.07) is 7.18. The average Bonchev–Trinajstić information content (AvgIpc) is 2.30. The van der Waals surface area contributed by atoms with E-state index in [9.17, 15) is 5.11 Å². The Labute approximate surface area is 94.1 Å². The van der Waals surface area contributed by atoms with Crippen LogP contribution in [0.4, 0.5) is 5.82 Å². The Morgan fingerprint density at radius 3 is 3.00 bits per heavy atom. The molecule has 0 unspecified atom stereocenters. The molecule has 0 aliphatic carbocycles. The molecule has 0 amide bonds. The monoisotopic (exact) mass is 217 g/mol. The van der Waals surface area contributed by atoms with E-state index in [1.165, 1.54) is 0 Å². The van der Waals surface area contributed by atoms with E-state index in [2.05, 4.69) is 10.3 Å². The zero-order valence-corrected chi connectivity index (χ0v) is 8.98. The summed E-state index contributed by atoms with van der Waals surface area (Å²) in [6.07, 6.45) is 2.65. The van der Waals surface area contributed by atoms with E-state index < -0.39 is 0 Å². The van der Waals surface area contributed by atoms with E-state index in [0.29, 0.717) is 6.54 Å². The van der Waals surface area contributed by atoms with E-state index >= 15 is 0 Å². The number of pyridine rings is 1. The summed E-state index contributed by atoms with van der Waals surface area (Å²) >= 11 is 0. The van der Waals surface area contributed by atoms with E-state index in [1.54, 1.807) is 18.3 Å². The van der Waals surface area contributed by atoms with Gasteiger partial charge in [-0.15, -0.1) is 0 Å². The maximum atomic E-state index is 9.45. The molecular formula is C12H15N3O. The minimum absolute atomic E-state index is 0.252. The van der Waals surface area contributed by atoms with Crippen LogP contribution in [0.15, 0.2) is 30.5 Å². The van der Waals surface area contributed by atoms with Gasteiger partial charge in [-0.05, 0) is 36.6 Å². The van der Waals surface area contributed by atoms with Gasteiger partial charge in [0.25, 0.3) is 0 Å². The molecule has 1 heterocycles. The number of nitrogens with zero attached hydrogens (tertiary/aromatic N) is 1. The second-order valence-corrected chi connectivity index (χ2v) is 3.63. The van der Waals surface area contributed by atoms with Gasteiger partial charge in [0, 0.05) is 18.1 Å². The molecule has 2 aromatic rings. The molecule has 1 aromatic heterocycles. The molecule has 0 saturated carbocycles. The third-order valence-corrected chi connectivity index (χ3v) is 2.42. The summed E-state index contributed by atoms with van der Waals surface area (Å²) in [4.78, 5) is 4.26. The number of nitrogens with one attached hydrogen (secondary N) is 1. The number of benzene rings is 1. The number of hydrogen-bond donors (Lipinski definition) is 3. The Hall–Kier alpha value is -1.81. The van der Waals surface area contributed by atoms with E-state index in [-0.39, 0.29) is 5.75 Å². The molecule has 0 atom stereocenters. The Kier molecular flexibility index (Phi) is 3.22. The van der Waals surface area contributed by atoms with Gasteiger partial charge >= 0.3 is 0 Å². The van der Waals surface area contributed by atoms with E-state index in [1.807, 2.05) is 12.1 Å². The highest BCUT2D eigenvalue weighted by atomic mass is 16.3. The van der Waals surface area contributed by atoms with Gasteiger partial charge in [0.1, 0.15) is 11.6 Å². The van der Waals surface area contributed by atoms with E-state index in [0.717, 1.165) is 29.6 Å². The van der Waals surface area contributed by atoms with Crippen LogP contribution in [-0.4, -0.2) is 23.2 Å².